The highest BCUT2D eigenvalue weighted by atomic mass is 16.5. The number of hydrogen-bond acceptors (Lipinski definition) is 3. The summed E-state index contributed by atoms with van der Waals surface area (Å²) in [6.07, 6.45) is 2.52. The van der Waals surface area contributed by atoms with Crippen molar-refractivity contribution in [2.75, 3.05) is 6.61 Å². The smallest absolute Gasteiger partial charge is 0.338 e. The Kier molecular flexibility index (Phi) is 2.67. The Morgan fingerprint density at radius 2 is 2.40 bits per heavy atom. The van der Waals surface area contributed by atoms with Crippen LogP contribution in [0.5, 0.6) is 0 Å². The Balaban J connectivity index is 2.23. The fourth-order valence-corrected chi connectivity index (χ4v) is 1.35. The van der Waals surface area contributed by atoms with E-state index in [-0.39, 0.29) is 5.97 Å². The second-order valence-corrected chi connectivity index (χ2v) is 3.31. The summed E-state index contributed by atoms with van der Waals surface area (Å²) < 4.78 is 5.03. The van der Waals surface area contributed by atoms with Crippen molar-refractivity contribution in [3.05, 3.63) is 30.0 Å². The lowest BCUT2D eigenvalue weighted by molar-refractivity contribution is 0.0505. The molecule has 0 amide bonds. The molecule has 0 aliphatic rings. The summed E-state index contributed by atoms with van der Waals surface area (Å²) in [4.78, 5) is 11.5. The highest BCUT2D eigenvalue weighted by Gasteiger charge is 2.07. The number of nitrogens with zero attached hydrogens (tertiary/aromatic N) is 1. The lowest BCUT2D eigenvalue weighted by atomic mass is 10.2. The number of nitrogens with one attached hydrogen (secondary N) is 1. The van der Waals surface area contributed by atoms with Gasteiger partial charge in [-0.25, -0.2) is 4.79 Å². The van der Waals surface area contributed by atoms with E-state index < -0.39 is 0 Å². The quantitative estimate of drug-likeness (QED) is 0.779. The van der Waals surface area contributed by atoms with E-state index >= 15 is 0 Å². The Morgan fingerprint density at radius 3 is 3.20 bits per heavy atom. The van der Waals surface area contributed by atoms with Crippen LogP contribution < -0.4 is 0 Å². The molecule has 2 rings (SSSR count). The molecule has 1 N–H and O–H groups in total. The molecular weight excluding hydrogens is 192 g/mol. The van der Waals surface area contributed by atoms with E-state index in [4.69, 9.17) is 4.74 Å². The summed E-state index contributed by atoms with van der Waals surface area (Å²) in [5, 5.41) is 7.63. The van der Waals surface area contributed by atoms with Crippen molar-refractivity contribution < 1.29 is 9.53 Å². The second-order valence-electron chi connectivity index (χ2n) is 3.31. The van der Waals surface area contributed by atoms with Crippen LogP contribution in [0.3, 0.4) is 0 Å². The SMILES string of the molecule is CCCOC(=O)c1ccc2[nH]ncc2c1. The van der Waals surface area contributed by atoms with Gasteiger partial charge < -0.3 is 4.74 Å². The van der Waals surface area contributed by atoms with E-state index in [9.17, 15) is 4.79 Å². The molecule has 0 spiro atoms. The molecule has 2 aromatic rings. The summed E-state index contributed by atoms with van der Waals surface area (Å²) >= 11 is 0. The van der Waals surface area contributed by atoms with E-state index in [0.717, 1.165) is 17.3 Å². The van der Waals surface area contributed by atoms with Crippen molar-refractivity contribution in [1.29, 1.82) is 0 Å². The van der Waals surface area contributed by atoms with Crippen LogP contribution in [0.2, 0.25) is 0 Å². The van der Waals surface area contributed by atoms with Gasteiger partial charge in [-0.2, -0.15) is 5.10 Å². The number of aromatic nitrogens is 2. The summed E-state index contributed by atoms with van der Waals surface area (Å²) in [5.41, 5.74) is 1.49. The fraction of sp³-hybridized carbons (Fsp3) is 0.273. The number of H-pyrrole nitrogens is 1. The van der Waals surface area contributed by atoms with Gasteiger partial charge in [-0.15, -0.1) is 0 Å². The maximum Gasteiger partial charge on any atom is 0.338 e. The molecule has 1 heterocycles. The van der Waals surface area contributed by atoms with Gasteiger partial charge in [0.1, 0.15) is 0 Å². The lowest BCUT2D eigenvalue weighted by Crippen LogP contribution is -2.05. The first-order valence-corrected chi connectivity index (χ1v) is 4.91. The number of esters is 1. The lowest BCUT2D eigenvalue weighted by Gasteiger charge is -2.02. The number of carbonyl (C=O) groups excluding carboxylic acids is 1. The topological polar surface area (TPSA) is 55.0 Å². The van der Waals surface area contributed by atoms with Gasteiger partial charge in [0, 0.05) is 5.39 Å². The van der Waals surface area contributed by atoms with Crippen LogP contribution in [0.4, 0.5) is 0 Å². The highest BCUT2D eigenvalue weighted by molar-refractivity contribution is 5.94. The van der Waals surface area contributed by atoms with Crippen LogP contribution in [0, 0.1) is 0 Å². The molecule has 78 valence electrons. The highest BCUT2D eigenvalue weighted by Crippen LogP contribution is 2.13. The zero-order chi connectivity index (χ0) is 10.7. The molecule has 4 nitrogen and oxygen atoms in total. The van der Waals surface area contributed by atoms with Crippen molar-refractivity contribution in [1.82, 2.24) is 10.2 Å². The van der Waals surface area contributed by atoms with Crippen LogP contribution in [0.1, 0.15) is 23.7 Å². The van der Waals surface area contributed by atoms with Gasteiger partial charge in [0.05, 0.1) is 23.9 Å². The minimum atomic E-state index is -0.278. The molecule has 0 bridgehead atoms. The zero-order valence-electron chi connectivity index (χ0n) is 8.49. The monoisotopic (exact) mass is 204 g/mol. The van der Waals surface area contributed by atoms with Gasteiger partial charge in [-0.05, 0) is 24.6 Å². The summed E-state index contributed by atoms with van der Waals surface area (Å²) in [5.74, 6) is -0.278. The molecule has 1 aromatic carbocycles. The van der Waals surface area contributed by atoms with E-state index in [2.05, 4.69) is 10.2 Å². The number of carbonyl (C=O) groups is 1. The number of benzene rings is 1. The molecule has 0 saturated heterocycles. The third kappa shape index (κ3) is 1.98. The van der Waals surface area contributed by atoms with E-state index in [1.165, 1.54) is 0 Å². The van der Waals surface area contributed by atoms with Gasteiger partial charge in [0.15, 0.2) is 0 Å². The standard InChI is InChI=1S/C11H12N2O2/c1-2-5-15-11(14)8-3-4-10-9(6-8)7-12-13-10/h3-4,6-7H,2,5H2,1H3,(H,12,13). The number of hydrogen-bond donors (Lipinski definition) is 1. The fourth-order valence-electron chi connectivity index (χ4n) is 1.35. The number of fused-ring (bicyclic) bond motifs is 1. The van der Waals surface area contributed by atoms with Crippen LogP contribution in [0.25, 0.3) is 10.9 Å². The summed E-state index contributed by atoms with van der Waals surface area (Å²) in [6.45, 7) is 2.43. The number of aromatic amines is 1. The average Bonchev–Trinajstić information content (AvgIpc) is 2.72. The molecule has 0 saturated carbocycles. The van der Waals surface area contributed by atoms with Gasteiger partial charge in [-0.3, -0.25) is 5.10 Å². The van der Waals surface area contributed by atoms with Crippen molar-refractivity contribution in [3.8, 4) is 0 Å². The molecule has 0 radical (unpaired) electrons. The first-order valence-electron chi connectivity index (χ1n) is 4.91. The van der Waals surface area contributed by atoms with E-state index in [1.54, 1.807) is 18.3 Å². The first-order chi connectivity index (χ1) is 7.31. The molecule has 0 aliphatic heterocycles. The van der Waals surface area contributed by atoms with Gasteiger partial charge in [-0.1, -0.05) is 6.92 Å². The van der Waals surface area contributed by atoms with Crippen LogP contribution >= 0.6 is 0 Å². The predicted octanol–water partition coefficient (Wildman–Crippen LogP) is 2.13. The third-order valence-electron chi connectivity index (χ3n) is 2.11. The minimum absolute atomic E-state index is 0.278. The van der Waals surface area contributed by atoms with E-state index in [1.807, 2.05) is 13.0 Å². The molecule has 0 unspecified atom stereocenters. The maximum absolute atomic E-state index is 11.5. The molecule has 0 fully saturated rings. The van der Waals surface area contributed by atoms with Gasteiger partial charge in [0.2, 0.25) is 0 Å². The molecule has 1 aromatic heterocycles. The average molecular weight is 204 g/mol. The van der Waals surface area contributed by atoms with Gasteiger partial charge >= 0.3 is 5.97 Å². The Morgan fingerprint density at radius 1 is 1.53 bits per heavy atom. The molecular formula is C11H12N2O2. The van der Waals surface area contributed by atoms with Crippen molar-refractivity contribution in [2.45, 2.75) is 13.3 Å². The van der Waals surface area contributed by atoms with Crippen LogP contribution in [-0.4, -0.2) is 22.8 Å². The largest absolute Gasteiger partial charge is 0.462 e. The second kappa shape index (κ2) is 4.13. The maximum atomic E-state index is 11.5. The van der Waals surface area contributed by atoms with Crippen molar-refractivity contribution >= 4 is 16.9 Å². The Labute approximate surface area is 87.2 Å². The minimum Gasteiger partial charge on any atom is -0.462 e. The number of rotatable bonds is 3. The Bertz CT molecular complexity index is 476. The summed E-state index contributed by atoms with van der Waals surface area (Å²) in [7, 11) is 0. The third-order valence-corrected chi connectivity index (χ3v) is 2.11. The molecule has 15 heavy (non-hydrogen) atoms. The number of ether oxygens (including phenoxy) is 1. The van der Waals surface area contributed by atoms with Crippen LogP contribution in [-0.2, 0) is 4.74 Å². The Hall–Kier alpha value is -1.84. The summed E-state index contributed by atoms with van der Waals surface area (Å²) in [6, 6.07) is 5.33. The van der Waals surface area contributed by atoms with Crippen molar-refractivity contribution in [2.24, 2.45) is 0 Å². The normalized spacial score (nSPS) is 10.5. The molecule has 4 heteroatoms. The molecule has 0 atom stereocenters. The van der Waals surface area contributed by atoms with Crippen molar-refractivity contribution in [3.63, 3.8) is 0 Å². The zero-order valence-corrected chi connectivity index (χ0v) is 8.49. The predicted molar refractivity (Wildman–Crippen MR) is 56.7 cm³/mol. The van der Waals surface area contributed by atoms with Gasteiger partial charge in [0.25, 0.3) is 0 Å². The van der Waals surface area contributed by atoms with Crippen LogP contribution in [0.15, 0.2) is 24.4 Å². The molecule has 0 aliphatic carbocycles. The van der Waals surface area contributed by atoms with E-state index in [0.29, 0.717) is 12.2 Å². The first kappa shape index (κ1) is 9.71.